The van der Waals surface area contributed by atoms with Gasteiger partial charge in [0.2, 0.25) is 5.88 Å². The highest BCUT2D eigenvalue weighted by Gasteiger charge is 2.47. The third-order valence-corrected chi connectivity index (χ3v) is 3.97. The lowest BCUT2D eigenvalue weighted by Crippen LogP contribution is -2.07. The fourth-order valence-corrected chi connectivity index (χ4v) is 2.77. The largest absolute Gasteiger partial charge is 0.481 e. The molecule has 16 heavy (non-hydrogen) atoms. The Morgan fingerprint density at radius 3 is 2.75 bits per heavy atom. The van der Waals surface area contributed by atoms with Crippen LogP contribution in [0.1, 0.15) is 17.2 Å². The number of thiazole rings is 1. The standard InChI is InChI=1S/C10H14N2O3S/c1-12(2)10-11-8(15-3)7(16-10)5-4-6(5)9(13)14/h5-6H,4H2,1-3H3,(H,13,14)/t5-,6-/m1/s1. The Hall–Kier alpha value is -1.30. The molecule has 0 amide bonds. The molecule has 0 spiro atoms. The predicted molar refractivity (Wildman–Crippen MR) is 61.5 cm³/mol. The average Bonchev–Trinajstić information content (AvgIpc) is 2.90. The van der Waals surface area contributed by atoms with Crippen molar-refractivity contribution >= 4 is 22.4 Å². The van der Waals surface area contributed by atoms with Crippen LogP contribution in [0.3, 0.4) is 0 Å². The van der Waals surface area contributed by atoms with Crippen LogP contribution in [0.2, 0.25) is 0 Å². The lowest BCUT2D eigenvalue weighted by atomic mass is 10.3. The van der Waals surface area contributed by atoms with Crippen molar-refractivity contribution in [1.82, 2.24) is 4.98 Å². The second kappa shape index (κ2) is 3.93. The van der Waals surface area contributed by atoms with Gasteiger partial charge in [0.05, 0.1) is 17.9 Å². The zero-order valence-corrected chi connectivity index (χ0v) is 10.2. The van der Waals surface area contributed by atoms with E-state index in [9.17, 15) is 4.79 Å². The SMILES string of the molecule is COc1nc(N(C)C)sc1[C@@H]1C[C@H]1C(=O)O. The van der Waals surface area contributed by atoms with E-state index in [0.29, 0.717) is 12.3 Å². The van der Waals surface area contributed by atoms with Gasteiger partial charge in [0.15, 0.2) is 5.13 Å². The number of carbonyl (C=O) groups is 1. The van der Waals surface area contributed by atoms with Crippen LogP contribution < -0.4 is 9.64 Å². The third-order valence-electron chi connectivity index (χ3n) is 2.63. The molecule has 0 aliphatic heterocycles. The third kappa shape index (κ3) is 1.84. The maximum atomic E-state index is 10.8. The number of nitrogens with zero attached hydrogens (tertiary/aromatic N) is 2. The molecule has 0 radical (unpaired) electrons. The van der Waals surface area contributed by atoms with Gasteiger partial charge in [-0.05, 0) is 6.42 Å². The van der Waals surface area contributed by atoms with Crippen molar-refractivity contribution in [3.05, 3.63) is 4.88 Å². The molecule has 1 saturated carbocycles. The fraction of sp³-hybridized carbons (Fsp3) is 0.600. The number of rotatable bonds is 4. The van der Waals surface area contributed by atoms with E-state index >= 15 is 0 Å². The Morgan fingerprint density at radius 1 is 1.62 bits per heavy atom. The van der Waals surface area contributed by atoms with Crippen molar-refractivity contribution in [1.29, 1.82) is 0 Å². The second-order valence-corrected chi connectivity index (χ2v) is 5.06. The molecule has 0 saturated heterocycles. The molecule has 88 valence electrons. The van der Waals surface area contributed by atoms with Crippen LogP contribution in [0.15, 0.2) is 0 Å². The van der Waals surface area contributed by atoms with Gasteiger partial charge in [-0.2, -0.15) is 4.98 Å². The highest BCUT2D eigenvalue weighted by molar-refractivity contribution is 7.16. The molecule has 1 fully saturated rings. The van der Waals surface area contributed by atoms with E-state index in [4.69, 9.17) is 9.84 Å². The highest BCUT2D eigenvalue weighted by atomic mass is 32.1. The summed E-state index contributed by atoms with van der Waals surface area (Å²) < 4.78 is 5.19. The van der Waals surface area contributed by atoms with Crippen LogP contribution in [-0.2, 0) is 4.79 Å². The minimum Gasteiger partial charge on any atom is -0.481 e. The molecule has 6 heteroatoms. The molecule has 5 nitrogen and oxygen atoms in total. The first-order valence-corrected chi connectivity index (χ1v) is 5.81. The van der Waals surface area contributed by atoms with Crippen LogP contribution >= 0.6 is 11.3 Å². The van der Waals surface area contributed by atoms with Crippen molar-refractivity contribution in [3.63, 3.8) is 0 Å². The Kier molecular flexibility index (Phi) is 2.75. The molecule has 0 unspecified atom stereocenters. The molecule has 1 aromatic rings. The Bertz CT molecular complexity index is 416. The number of aromatic nitrogens is 1. The van der Waals surface area contributed by atoms with Gasteiger partial charge in [-0.3, -0.25) is 4.79 Å². The maximum Gasteiger partial charge on any atom is 0.307 e. The van der Waals surface area contributed by atoms with Crippen LogP contribution in [0.5, 0.6) is 5.88 Å². The smallest absolute Gasteiger partial charge is 0.307 e. The van der Waals surface area contributed by atoms with E-state index in [2.05, 4.69) is 4.98 Å². The zero-order valence-electron chi connectivity index (χ0n) is 9.43. The monoisotopic (exact) mass is 242 g/mol. The normalized spacial score (nSPS) is 22.9. The molecular formula is C10H14N2O3S. The first-order chi connectivity index (χ1) is 7.54. The van der Waals surface area contributed by atoms with E-state index in [1.807, 2.05) is 19.0 Å². The van der Waals surface area contributed by atoms with E-state index in [-0.39, 0.29) is 11.8 Å². The Morgan fingerprint density at radius 2 is 2.31 bits per heavy atom. The number of anilines is 1. The van der Waals surface area contributed by atoms with E-state index in [0.717, 1.165) is 10.0 Å². The summed E-state index contributed by atoms with van der Waals surface area (Å²) in [5.41, 5.74) is 0. The summed E-state index contributed by atoms with van der Waals surface area (Å²) >= 11 is 1.51. The fourth-order valence-electron chi connectivity index (χ4n) is 1.64. The van der Waals surface area contributed by atoms with Gasteiger partial charge < -0.3 is 14.7 Å². The quantitative estimate of drug-likeness (QED) is 0.864. The zero-order chi connectivity index (χ0) is 11.9. The van der Waals surface area contributed by atoms with Gasteiger partial charge in [0.1, 0.15) is 0 Å². The predicted octanol–water partition coefficient (Wildman–Crippen LogP) is 1.41. The molecule has 1 heterocycles. The number of ether oxygens (including phenoxy) is 1. The summed E-state index contributed by atoms with van der Waals surface area (Å²) in [4.78, 5) is 18.0. The van der Waals surface area contributed by atoms with Crippen molar-refractivity contribution in [2.45, 2.75) is 12.3 Å². The molecule has 2 rings (SSSR count). The first kappa shape index (κ1) is 11.2. The molecule has 1 aliphatic carbocycles. The van der Waals surface area contributed by atoms with Gasteiger partial charge >= 0.3 is 5.97 Å². The van der Waals surface area contributed by atoms with Gasteiger partial charge in [0.25, 0.3) is 0 Å². The summed E-state index contributed by atoms with van der Waals surface area (Å²) in [5, 5.41) is 9.75. The van der Waals surface area contributed by atoms with Crippen LogP contribution in [0.25, 0.3) is 0 Å². The Labute approximate surface area is 97.7 Å². The van der Waals surface area contributed by atoms with Gasteiger partial charge in [0, 0.05) is 20.0 Å². The maximum absolute atomic E-state index is 10.8. The molecular weight excluding hydrogens is 228 g/mol. The number of carboxylic acids is 1. The summed E-state index contributed by atoms with van der Waals surface area (Å²) in [6.07, 6.45) is 0.695. The van der Waals surface area contributed by atoms with Gasteiger partial charge in [-0.15, -0.1) is 0 Å². The van der Waals surface area contributed by atoms with Gasteiger partial charge in [-0.1, -0.05) is 11.3 Å². The molecule has 2 atom stereocenters. The number of methoxy groups -OCH3 is 1. The average molecular weight is 242 g/mol. The molecule has 0 bridgehead atoms. The summed E-state index contributed by atoms with van der Waals surface area (Å²) in [5.74, 6) is -0.336. The summed E-state index contributed by atoms with van der Waals surface area (Å²) in [6.45, 7) is 0. The van der Waals surface area contributed by atoms with E-state index in [1.54, 1.807) is 7.11 Å². The molecule has 1 aliphatic rings. The summed E-state index contributed by atoms with van der Waals surface area (Å²) in [7, 11) is 5.38. The number of hydrogen-bond donors (Lipinski definition) is 1. The van der Waals surface area contributed by atoms with E-state index < -0.39 is 5.97 Å². The van der Waals surface area contributed by atoms with Crippen molar-refractivity contribution in [3.8, 4) is 5.88 Å². The van der Waals surface area contributed by atoms with Crippen LogP contribution in [-0.4, -0.2) is 37.3 Å². The topological polar surface area (TPSA) is 62.7 Å². The lowest BCUT2D eigenvalue weighted by Gasteiger charge is -2.04. The molecule has 1 N–H and O–H groups in total. The van der Waals surface area contributed by atoms with Crippen LogP contribution in [0, 0.1) is 5.92 Å². The Balaban J connectivity index is 2.24. The highest BCUT2D eigenvalue weighted by Crippen LogP contribution is 2.53. The second-order valence-electron chi connectivity index (χ2n) is 4.05. The molecule has 0 aromatic carbocycles. The lowest BCUT2D eigenvalue weighted by molar-refractivity contribution is -0.138. The minimum absolute atomic E-state index is 0.0821. The molecule has 1 aromatic heterocycles. The number of aliphatic carboxylic acids is 1. The van der Waals surface area contributed by atoms with Crippen molar-refractivity contribution in [2.75, 3.05) is 26.1 Å². The van der Waals surface area contributed by atoms with E-state index in [1.165, 1.54) is 11.3 Å². The van der Waals surface area contributed by atoms with Crippen molar-refractivity contribution in [2.24, 2.45) is 5.92 Å². The van der Waals surface area contributed by atoms with Crippen molar-refractivity contribution < 1.29 is 14.6 Å². The summed E-state index contributed by atoms with van der Waals surface area (Å²) in [6, 6.07) is 0. The number of hydrogen-bond acceptors (Lipinski definition) is 5. The van der Waals surface area contributed by atoms with Crippen LogP contribution in [0.4, 0.5) is 5.13 Å². The number of carboxylic acid groups (broad SMARTS) is 1. The first-order valence-electron chi connectivity index (χ1n) is 4.99. The van der Waals surface area contributed by atoms with Gasteiger partial charge in [-0.25, -0.2) is 0 Å². The minimum atomic E-state index is -0.730.